The zero-order chi connectivity index (χ0) is 15.6. The number of para-hydroxylation sites is 1. The lowest BCUT2D eigenvalue weighted by atomic mass is 10.0. The topological polar surface area (TPSA) is 35.5 Å². The zero-order valence-electron chi connectivity index (χ0n) is 12.4. The van der Waals surface area contributed by atoms with Gasteiger partial charge in [0.1, 0.15) is 0 Å². The predicted octanol–water partition coefficient (Wildman–Crippen LogP) is 4.46. The average Bonchev–Trinajstić information content (AvgIpc) is 3.08. The van der Waals surface area contributed by atoms with E-state index >= 15 is 0 Å². The van der Waals surface area contributed by atoms with Gasteiger partial charge in [0.05, 0.1) is 0 Å². The van der Waals surface area contributed by atoms with Gasteiger partial charge in [0.2, 0.25) is 6.79 Å². The van der Waals surface area contributed by atoms with Crippen LogP contribution >= 0.6 is 0 Å². The Bertz CT molecular complexity index is 925. The molecule has 0 amide bonds. The molecule has 0 radical (unpaired) electrons. The first-order valence-electron chi connectivity index (χ1n) is 7.41. The van der Waals surface area contributed by atoms with Crippen molar-refractivity contribution < 1.29 is 14.3 Å². The summed E-state index contributed by atoms with van der Waals surface area (Å²) in [6, 6.07) is 19.4. The number of allylic oxidation sites excluding steroid dienone is 1. The highest BCUT2D eigenvalue weighted by Crippen LogP contribution is 2.36. The molecule has 0 unspecified atom stereocenters. The molecule has 0 bridgehead atoms. The van der Waals surface area contributed by atoms with Crippen LogP contribution in [0.15, 0.2) is 66.7 Å². The molecule has 112 valence electrons. The van der Waals surface area contributed by atoms with Crippen molar-refractivity contribution in [3.8, 4) is 11.5 Å². The fraction of sp³-hybridized carbons (Fsp3) is 0.0500. The largest absolute Gasteiger partial charge is 0.454 e. The number of fused-ring (bicyclic) bond motifs is 2. The smallest absolute Gasteiger partial charge is 0.231 e. The first kappa shape index (κ1) is 13.6. The number of ketones is 1. The number of rotatable bonds is 3. The second-order valence-electron chi connectivity index (χ2n) is 5.34. The first-order chi connectivity index (χ1) is 11.3. The lowest BCUT2D eigenvalue weighted by Crippen LogP contribution is -1.95. The van der Waals surface area contributed by atoms with Gasteiger partial charge in [0.25, 0.3) is 0 Å². The number of benzene rings is 3. The SMILES string of the molecule is O=C(/C=C/c1cccc2c1OCO2)c1ccc2ccccc2c1. The minimum absolute atomic E-state index is 0.0349. The third-order valence-corrected chi connectivity index (χ3v) is 3.88. The molecule has 0 atom stereocenters. The van der Waals surface area contributed by atoms with Crippen molar-refractivity contribution in [2.75, 3.05) is 6.79 Å². The number of ether oxygens (including phenoxy) is 2. The van der Waals surface area contributed by atoms with E-state index in [1.807, 2.05) is 60.7 Å². The second-order valence-corrected chi connectivity index (χ2v) is 5.34. The molecule has 1 heterocycles. The molecule has 0 aliphatic carbocycles. The molecule has 0 saturated heterocycles. The summed E-state index contributed by atoms with van der Waals surface area (Å²) in [5.41, 5.74) is 1.51. The predicted molar refractivity (Wildman–Crippen MR) is 89.9 cm³/mol. The van der Waals surface area contributed by atoms with E-state index in [0.717, 1.165) is 16.3 Å². The number of hydrogen-bond donors (Lipinski definition) is 0. The van der Waals surface area contributed by atoms with Crippen molar-refractivity contribution in [3.05, 3.63) is 77.9 Å². The van der Waals surface area contributed by atoms with Crippen molar-refractivity contribution in [1.29, 1.82) is 0 Å². The molecule has 1 aliphatic heterocycles. The van der Waals surface area contributed by atoms with E-state index in [2.05, 4.69) is 0 Å². The van der Waals surface area contributed by atoms with Crippen LogP contribution in [-0.4, -0.2) is 12.6 Å². The fourth-order valence-electron chi connectivity index (χ4n) is 2.69. The van der Waals surface area contributed by atoms with Gasteiger partial charge in [-0.3, -0.25) is 4.79 Å². The summed E-state index contributed by atoms with van der Waals surface area (Å²) in [4.78, 5) is 12.4. The molecule has 3 aromatic rings. The van der Waals surface area contributed by atoms with E-state index in [1.165, 1.54) is 0 Å². The van der Waals surface area contributed by atoms with Crippen LogP contribution in [0.4, 0.5) is 0 Å². The minimum atomic E-state index is -0.0349. The van der Waals surface area contributed by atoms with Crippen molar-refractivity contribution in [1.82, 2.24) is 0 Å². The Hall–Kier alpha value is -3.07. The summed E-state index contributed by atoms with van der Waals surface area (Å²) in [6.07, 6.45) is 3.34. The molecule has 3 nitrogen and oxygen atoms in total. The van der Waals surface area contributed by atoms with E-state index in [9.17, 15) is 4.79 Å². The van der Waals surface area contributed by atoms with Crippen LogP contribution in [0, 0.1) is 0 Å². The Kier molecular flexibility index (Phi) is 3.31. The maximum Gasteiger partial charge on any atom is 0.231 e. The highest BCUT2D eigenvalue weighted by Gasteiger charge is 2.15. The zero-order valence-corrected chi connectivity index (χ0v) is 12.4. The van der Waals surface area contributed by atoms with Gasteiger partial charge in [0, 0.05) is 11.1 Å². The van der Waals surface area contributed by atoms with E-state index in [1.54, 1.807) is 12.2 Å². The van der Waals surface area contributed by atoms with Crippen LogP contribution < -0.4 is 9.47 Å². The van der Waals surface area contributed by atoms with Gasteiger partial charge in [0.15, 0.2) is 17.3 Å². The molecule has 0 N–H and O–H groups in total. The molecule has 0 fully saturated rings. The van der Waals surface area contributed by atoms with E-state index in [4.69, 9.17) is 9.47 Å². The van der Waals surface area contributed by atoms with Gasteiger partial charge < -0.3 is 9.47 Å². The van der Waals surface area contributed by atoms with Gasteiger partial charge in [-0.2, -0.15) is 0 Å². The number of carbonyl (C=O) groups is 1. The van der Waals surface area contributed by atoms with Gasteiger partial charge in [-0.15, -0.1) is 0 Å². The van der Waals surface area contributed by atoms with Crippen LogP contribution in [0.25, 0.3) is 16.8 Å². The Morgan fingerprint density at radius 1 is 0.913 bits per heavy atom. The molecule has 3 aromatic carbocycles. The Morgan fingerprint density at radius 2 is 1.78 bits per heavy atom. The van der Waals surface area contributed by atoms with Crippen LogP contribution in [0.5, 0.6) is 11.5 Å². The molecular formula is C20H14O3. The van der Waals surface area contributed by atoms with Gasteiger partial charge >= 0.3 is 0 Å². The third-order valence-electron chi connectivity index (χ3n) is 3.88. The maximum absolute atomic E-state index is 12.4. The van der Waals surface area contributed by atoms with Crippen molar-refractivity contribution in [2.45, 2.75) is 0 Å². The molecule has 0 spiro atoms. The van der Waals surface area contributed by atoms with Crippen LogP contribution in [0.1, 0.15) is 15.9 Å². The highest BCUT2D eigenvalue weighted by atomic mass is 16.7. The van der Waals surface area contributed by atoms with Crippen LogP contribution in [-0.2, 0) is 0 Å². The standard InChI is InChI=1S/C20H14O3/c21-18(17-9-8-14-4-1-2-5-16(14)12-17)11-10-15-6-3-7-19-20(15)23-13-22-19/h1-12H,13H2/b11-10+. The van der Waals surface area contributed by atoms with Crippen LogP contribution in [0.3, 0.4) is 0 Å². The highest BCUT2D eigenvalue weighted by molar-refractivity contribution is 6.08. The van der Waals surface area contributed by atoms with E-state index < -0.39 is 0 Å². The monoisotopic (exact) mass is 302 g/mol. The summed E-state index contributed by atoms with van der Waals surface area (Å²) in [7, 11) is 0. The lowest BCUT2D eigenvalue weighted by Gasteiger charge is -2.02. The molecule has 0 saturated carbocycles. The van der Waals surface area contributed by atoms with E-state index in [-0.39, 0.29) is 12.6 Å². The molecule has 3 heteroatoms. The Balaban J connectivity index is 1.63. The summed E-state index contributed by atoms with van der Waals surface area (Å²) in [5.74, 6) is 1.37. The molecule has 23 heavy (non-hydrogen) atoms. The fourth-order valence-corrected chi connectivity index (χ4v) is 2.69. The van der Waals surface area contributed by atoms with Crippen molar-refractivity contribution >= 4 is 22.6 Å². The van der Waals surface area contributed by atoms with Crippen molar-refractivity contribution in [3.63, 3.8) is 0 Å². The second kappa shape index (κ2) is 5.61. The number of hydrogen-bond acceptors (Lipinski definition) is 3. The quantitative estimate of drug-likeness (QED) is 0.529. The minimum Gasteiger partial charge on any atom is -0.454 e. The first-order valence-corrected chi connectivity index (χ1v) is 7.41. The summed E-state index contributed by atoms with van der Waals surface area (Å²) < 4.78 is 10.8. The molecule has 0 aromatic heterocycles. The summed E-state index contributed by atoms with van der Waals surface area (Å²) in [6.45, 7) is 0.221. The third kappa shape index (κ3) is 2.57. The Morgan fingerprint density at radius 3 is 2.70 bits per heavy atom. The maximum atomic E-state index is 12.4. The van der Waals surface area contributed by atoms with Crippen LogP contribution in [0.2, 0.25) is 0 Å². The summed E-state index contributed by atoms with van der Waals surface area (Å²) >= 11 is 0. The van der Waals surface area contributed by atoms with Crippen molar-refractivity contribution in [2.24, 2.45) is 0 Å². The normalized spacial score (nSPS) is 12.9. The van der Waals surface area contributed by atoms with E-state index in [0.29, 0.717) is 17.1 Å². The van der Waals surface area contributed by atoms with Gasteiger partial charge in [-0.1, -0.05) is 48.5 Å². The number of carbonyl (C=O) groups excluding carboxylic acids is 1. The molecule has 1 aliphatic rings. The Labute approximate surface area is 133 Å². The average molecular weight is 302 g/mol. The van der Waals surface area contributed by atoms with Gasteiger partial charge in [-0.25, -0.2) is 0 Å². The lowest BCUT2D eigenvalue weighted by molar-refractivity contribution is 0.104. The molecule has 4 rings (SSSR count). The summed E-state index contributed by atoms with van der Waals surface area (Å²) in [5, 5.41) is 2.18. The molecular weight excluding hydrogens is 288 g/mol. The van der Waals surface area contributed by atoms with Gasteiger partial charge in [-0.05, 0) is 35.1 Å².